The summed E-state index contributed by atoms with van der Waals surface area (Å²) in [4.78, 5) is 18.9. The summed E-state index contributed by atoms with van der Waals surface area (Å²) in [6.07, 6.45) is 16.4. The first-order valence-corrected chi connectivity index (χ1v) is 12.6. The van der Waals surface area contributed by atoms with Crippen molar-refractivity contribution in [3.63, 3.8) is 0 Å². The highest BCUT2D eigenvalue weighted by Gasteiger charge is 2.57. The molecular formula is C28H38N2O2. The number of fused-ring (bicyclic) bond motifs is 5. The molecule has 0 spiro atoms. The average molecular weight is 435 g/mol. The Morgan fingerprint density at radius 1 is 1.16 bits per heavy atom. The van der Waals surface area contributed by atoms with Crippen LogP contribution in [0.5, 0.6) is 5.75 Å². The van der Waals surface area contributed by atoms with E-state index in [9.17, 15) is 4.79 Å². The Hall–Kier alpha value is -2.10. The first-order valence-electron chi connectivity index (χ1n) is 12.6. The molecule has 4 nitrogen and oxygen atoms in total. The van der Waals surface area contributed by atoms with Crippen LogP contribution in [-0.4, -0.2) is 36.0 Å². The van der Waals surface area contributed by atoms with Gasteiger partial charge in [-0.3, -0.25) is 9.78 Å². The van der Waals surface area contributed by atoms with E-state index in [4.69, 9.17) is 4.74 Å². The lowest BCUT2D eigenvalue weighted by Crippen LogP contribution is -2.49. The van der Waals surface area contributed by atoms with E-state index < -0.39 is 0 Å². The van der Waals surface area contributed by atoms with Gasteiger partial charge in [-0.25, -0.2) is 0 Å². The van der Waals surface area contributed by atoms with E-state index in [-0.39, 0.29) is 16.7 Å². The van der Waals surface area contributed by atoms with Gasteiger partial charge in [-0.2, -0.15) is 0 Å². The summed E-state index contributed by atoms with van der Waals surface area (Å²) in [5.41, 5.74) is 4.53. The molecule has 4 aliphatic rings. The molecule has 1 aromatic rings. The second-order valence-electron chi connectivity index (χ2n) is 11.1. The number of allylic oxidation sites excluding steroid dienone is 3. The number of hydrogen-bond acceptors (Lipinski definition) is 3. The maximum Gasteiger partial charge on any atom is 0.246 e. The van der Waals surface area contributed by atoms with Crippen LogP contribution in [0.3, 0.4) is 0 Å². The van der Waals surface area contributed by atoms with Crippen molar-refractivity contribution in [3.8, 4) is 5.75 Å². The van der Waals surface area contributed by atoms with Crippen molar-refractivity contribution in [2.75, 3.05) is 20.2 Å². The Morgan fingerprint density at radius 2 is 2.00 bits per heavy atom. The normalized spacial score (nSPS) is 36.4. The minimum absolute atomic E-state index is 0.170. The number of carbonyl (C=O) groups is 1. The van der Waals surface area contributed by atoms with E-state index in [2.05, 4.69) is 37.9 Å². The van der Waals surface area contributed by atoms with E-state index in [1.54, 1.807) is 0 Å². The first kappa shape index (κ1) is 21.7. The van der Waals surface area contributed by atoms with E-state index in [1.807, 2.05) is 30.4 Å². The monoisotopic (exact) mass is 434 g/mol. The summed E-state index contributed by atoms with van der Waals surface area (Å²) in [6.45, 7) is 8.71. The predicted molar refractivity (Wildman–Crippen MR) is 128 cm³/mol. The molecule has 0 radical (unpaired) electrons. The van der Waals surface area contributed by atoms with E-state index in [1.165, 1.54) is 42.4 Å². The summed E-state index contributed by atoms with van der Waals surface area (Å²) < 4.78 is 5.88. The molecule has 1 aromatic heterocycles. The lowest BCUT2D eigenvalue weighted by Gasteiger charge is -2.57. The van der Waals surface area contributed by atoms with Gasteiger partial charge in [-0.15, -0.1) is 0 Å². The van der Waals surface area contributed by atoms with Gasteiger partial charge in [0.2, 0.25) is 5.91 Å². The number of carbonyl (C=O) groups excluding carboxylic acids is 1. The molecule has 3 aliphatic carbocycles. The molecule has 0 saturated heterocycles. The van der Waals surface area contributed by atoms with Crippen LogP contribution >= 0.6 is 0 Å². The van der Waals surface area contributed by atoms with Crippen LogP contribution in [0.2, 0.25) is 0 Å². The molecule has 5 atom stereocenters. The number of nitrogens with zero attached hydrogens (tertiary/aromatic N) is 2. The van der Waals surface area contributed by atoms with Crippen molar-refractivity contribution in [2.45, 2.75) is 65.7 Å². The van der Waals surface area contributed by atoms with E-state index in [0.29, 0.717) is 11.8 Å². The van der Waals surface area contributed by atoms with Crippen molar-refractivity contribution in [3.05, 3.63) is 41.7 Å². The second kappa shape index (κ2) is 8.04. The minimum Gasteiger partial charge on any atom is -0.492 e. The molecule has 172 valence electrons. The van der Waals surface area contributed by atoms with Crippen LogP contribution < -0.4 is 4.74 Å². The van der Waals surface area contributed by atoms with Crippen molar-refractivity contribution in [1.29, 1.82) is 0 Å². The number of pyridine rings is 1. The lowest BCUT2D eigenvalue weighted by atomic mass is 9.47. The number of likely N-dealkylation sites (N-methyl/N-ethyl adjacent to an activating group) is 1. The highest BCUT2D eigenvalue weighted by Crippen LogP contribution is 2.66. The standard InChI is InChI=1S/C28H38N2O2/c1-5-14-32-21-15-19(17-29-18-21)23-8-9-24-22-7-6-20-16-26(31)30(4)13-12-27(20,2)25(22)10-11-28(23,24)3/h8,15-18,22,24-25H,5-7,9-14H2,1-4H3. The SMILES string of the molecule is CCCOc1cncc(C2=CCC3C4CCC5=CC(=O)N(C)CCC5(C)C4CCC23C)c1. The number of hydrogen-bond donors (Lipinski definition) is 0. The molecule has 4 heteroatoms. The quantitative estimate of drug-likeness (QED) is 0.593. The van der Waals surface area contributed by atoms with Gasteiger partial charge in [-0.05, 0) is 90.7 Å². The van der Waals surface area contributed by atoms with Gasteiger partial charge >= 0.3 is 0 Å². The largest absolute Gasteiger partial charge is 0.492 e. The summed E-state index contributed by atoms with van der Waals surface area (Å²) in [5.74, 6) is 3.19. The van der Waals surface area contributed by atoms with Gasteiger partial charge in [0.15, 0.2) is 0 Å². The zero-order valence-corrected chi connectivity index (χ0v) is 20.2. The van der Waals surface area contributed by atoms with Gasteiger partial charge in [-0.1, -0.05) is 32.4 Å². The number of amides is 1. The molecule has 5 rings (SSSR count). The molecule has 2 fully saturated rings. The van der Waals surface area contributed by atoms with Crippen molar-refractivity contribution < 1.29 is 9.53 Å². The molecule has 2 saturated carbocycles. The summed E-state index contributed by atoms with van der Waals surface area (Å²) >= 11 is 0. The fraction of sp³-hybridized carbons (Fsp3) is 0.643. The molecule has 0 N–H and O–H groups in total. The van der Waals surface area contributed by atoms with Crippen LogP contribution in [0.1, 0.15) is 71.3 Å². The van der Waals surface area contributed by atoms with Gasteiger partial charge in [0.25, 0.3) is 0 Å². The summed E-state index contributed by atoms with van der Waals surface area (Å²) in [7, 11) is 1.95. The zero-order valence-electron chi connectivity index (χ0n) is 20.2. The fourth-order valence-electron chi connectivity index (χ4n) is 7.56. The topological polar surface area (TPSA) is 42.4 Å². The van der Waals surface area contributed by atoms with Gasteiger partial charge in [0.05, 0.1) is 12.8 Å². The third-order valence-corrected chi connectivity index (χ3v) is 9.45. The Labute approximate surface area is 193 Å². The Morgan fingerprint density at radius 3 is 2.81 bits per heavy atom. The minimum atomic E-state index is 0.170. The van der Waals surface area contributed by atoms with Crippen LogP contribution in [0.4, 0.5) is 0 Å². The molecule has 0 bridgehead atoms. The number of rotatable bonds is 4. The van der Waals surface area contributed by atoms with Gasteiger partial charge in [0, 0.05) is 25.9 Å². The lowest BCUT2D eigenvalue weighted by molar-refractivity contribution is -0.124. The van der Waals surface area contributed by atoms with E-state index in [0.717, 1.165) is 44.1 Å². The van der Waals surface area contributed by atoms with Crippen LogP contribution in [-0.2, 0) is 4.79 Å². The Kier molecular flexibility index (Phi) is 5.46. The molecule has 1 amide bonds. The van der Waals surface area contributed by atoms with Gasteiger partial charge in [0.1, 0.15) is 5.75 Å². The zero-order chi connectivity index (χ0) is 22.5. The van der Waals surface area contributed by atoms with E-state index >= 15 is 0 Å². The molecule has 5 unspecified atom stereocenters. The van der Waals surface area contributed by atoms with Crippen LogP contribution in [0, 0.1) is 28.6 Å². The van der Waals surface area contributed by atoms with Crippen LogP contribution in [0.25, 0.3) is 5.57 Å². The van der Waals surface area contributed by atoms with Crippen molar-refractivity contribution >= 4 is 11.5 Å². The molecule has 2 heterocycles. The van der Waals surface area contributed by atoms with Crippen molar-refractivity contribution in [2.24, 2.45) is 28.6 Å². The number of aromatic nitrogens is 1. The predicted octanol–water partition coefficient (Wildman–Crippen LogP) is 5.89. The molecule has 0 aromatic carbocycles. The number of ether oxygens (including phenoxy) is 1. The maximum absolute atomic E-state index is 12.5. The highest BCUT2D eigenvalue weighted by atomic mass is 16.5. The summed E-state index contributed by atoms with van der Waals surface area (Å²) in [6, 6.07) is 2.20. The third-order valence-electron chi connectivity index (χ3n) is 9.45. The highest BCUT2D eigenvalue weighted by molar-refractivity contribution is 5.88. The third kappa shape index (κ3) is 3.33. The second-order valence-corrected chi connectivity index (χ2v) is 11.1. The molecular weight excluding hydrogens is 396 g/mol. The summed E-state index contributed by atoms with van der Waals surface area (Å²) in [5, 5.41) is 0. The van der Waals surface area contributed by atoms with Gasteiger partial charge < -0.3 is 9.64 Å². The van der Waals surface area contributed by atoms with Crippen LogP contribution in [0.15, 0.2) is 36.2 Å². The van der Waals surface area contributed by atoms with Crippen molar-refractivity contribution in [1.82, 2.24) is 9.88 Å². The Bertz CT molecular complexity index is 966. The molecule has 1 aliphatic heterocycles. The fourth-order valence-corrected chi connectivity index (χ4v) is 7.56. The maximum atomic E-state index is 12.5. The average Bonchev–Trinajstić information content (AvgIpc) is 3.10. The first-order chi connectivity index (χ1) is 15.4. The Balaban J connectivity index is 1.42. The smallest absolute Gasteiger partial charge is 0.246 e. The molecule has 32 heavy (non-hydrogen) atoms.